The van der Waals surface area contributed by atoms with Crippen molar-refractivity contribution in [2.24, 2.45) is 0 Å². The largest absolute Gasteiger partial charge is 0.317 e. The average molecular weight is 240 g/mol. The summed E-state index contributed by atoms with van der Waals surface area (Å²) in [6, 6.07) is 13.4. The number of aromatic nitrogens is 1. The van der Waals surface area contributed by atoms with Crippen LogP contribution in [0.4, 0.5) is 0 Å². The summed E-state index contributed by atoms with van der Waals surface area (Å²) in [5.74, 6) is 0. The fraction of sp³-hybridized carbons (Fsp3) is 0.312. The zero-order chi connectivity index (χ0) is 12.8. The summed E-state index contributed by atoms with van der Waals surface area (Å²) < 4.78 is 0. The molecule has 0 aliphatic heterocycles. The molecule has 2 heteroatoms. The lowest BCUT2D eigenvalue weighted by Crippen LogP contribution is -2.21. The van der Waals surface area contributed by atoms with Crippen LogP contribution in [-0.4, -0.2) is 18.1 Å². The van der Waals surface area contributed by atoms with Crippen LogP contribution in [0.15, 0.2) is 48.8 Å². The number of pyridine rings is 1. The minimum atomic E-state index is 0.562. The quantitative estimate of drug-likeness (QED) is 0.867. The van der Waals surface area contributed by atoms with Crippen molar-refractivity contribution < 1.29 is 0 Å². The fourth-order valence-corrected chi connectivity index (χ4v) is 1.97. The molecule has 0 aliphatic carbocycles. The Morgan fingerprint density at radius 1 is 1.17 bits per heavy atom. The summed E-state index contributed by atoms with van der Waals surface area (Å²) in [6.45, 7) is 2.21. The van der Waals surface area contributed by atoms with Gasteiger partial charge in [-0.3, -0.25) is 4.98 Å². The third-order valence-corrected chi connectivity index (χ3v) is 3.28. The van der Waals surface area contributed by atoms with Gasteiger partial charge in [0.15, 0.2) is 0 Å². The molecule has 0 amide bonds. The first-order valence-corrected chi connectivity index (χ1v) is 6.46. The van der Waals surface area contributed by atoms with Gasteiger partial charge in [0.25, 0.3) is 0 Å². The van der Waals surface area contributed by atoms with Crippen molar-refractivity contribution in [3.05, 3.63) is 54.4 Å². The van der Waals surface area contributed by atoms with Gasteiger partial charge in [0.2, 0.25) is 0 Å². The molecule has 1 heterocycles. The molecule has 1 unspecified atom stereocenters. The van der Waals surface area contributed by atoms with E-state index in [-0.39, 0.29) is 0 Å². The number of hydrogen-bond acceptors (Lipinski definition) is 2. The molecule has 0 saturated carbocycles. The lowest BCUT2D eigenvalue weighted by molar-refractivity contribution is 0.565. The standard InChI is InChI=1S/C16H20N2/c1-13(17-2)8-9-14-5-3-6-15(11-14)16-7-4-10-18-12-16/h3-7,10-13,17H,8-9H2,1-2H3. The van der Waals surface area contributed by atoms with Gasteiger partial charge in [0.05, 0.1) is 0 Å². The van der Waals surface area contributed by atoms with E-state index in [1.165, 1.54) is 16.7 Å². The van der Waals surface area contributed by atoms with Crippen molar-refractivity contribution in [3.8, 4) is 11.1 Å². The van der Waals surface area contributed by atoms with Crippen LogP contribution in [0.1, 0.15) is 18.9 Å². The maximum atomic E-state index is 4.17. The topological polar surface area (TPSA) is 24.9 Å². The van der Waals surface area contributed by atoms with E-state index < -0.39 is 0 Å². The predicted molar refractivity (Wildman–Crippen MR) is 76.5 cm³/mol. The smallest absolute Gasteiger partial charge is 0.0346 e. The van der Waals surface area contributed by atoms with Crippen LogP contribution in [0.2, 0.25) is 0 Å². The Balaban J connectivity index is 2.11. The first kappa shape index (κ1) is 12.8. The van der Waals surface area contributed by atoms with Crippen molar-refractivity contribution in [2.75, 3.05) is 7.05 Å². The van der Waals surface area contributed by atoms with E-state index in [1.54, 1.807) is 0 Å². The lowest BCUT2D eigenvalue weighted by atomic mass is 10.0. The molecule has 1 aromatic carbocycles. The van der Waals surface area contributed by atoms with E-state index in [0.29, 0.717) is 6.04 Å². The summed E-state index contributed by atoms with van der Waals surface area (Å²) in [4.78, 5) is 4.17. The second-order valence-corrected chi connectivity index (χ2v) is 4.67. The Labute approximate surface area is 109 Å². The van der Waals surface area contributed by atoms with Crippen LogP contribution in [-0.2, 0) is 6.42 Å². The highest BCUT2D eigenvalue weighted by atomic mass is 14.8. The highest BCUT2D eigenvalue weighted by Gasteiger charge is 2.02. The van der Waals surface area contributed by atoms with Crippen molar-refractivity contribution in [1.29, 1.82) is 0 Å². The summed E-state index contributed by atoms with van der Waals surface area (Å²) in [5, 5.41) is 3.27. The Kier molecular flexibility index (Phi) is 4.48. The zero-order valence-corrected chi connectivity index (χ0v) is 11.1. The summed E-state index contributed by atoms with van der Waals surface area (Å²) in [6.07, 6.45) is 5.99. The Bertz CT molecular complexity index is 479. The van der Waals surface area contributed by atoms with Crippen molar-refractivity contribution in [3.63, 3.8) is 0 Å². The monoisotopic (exact) mass is 240 g/mol. The Morgan fingerprint density at radius 3 is 2.72 bits per heavy atom. The van der Waals surface area contributed by atoms with Gasteiger partial charge in [-0.2, -0.15) is 0 Å². The molecule has 0 spiro atoms. The van der Waals surface area contributed by atoms with E-state index in [4.69, 9.17) is 0 Å². The number of hydrogen-bond donors (Lipinski definition) is 1. The SMILES string of the molecule is CNC(C)CCc1cccc(-c2cccnc2)c1. The second kappa shape index (κ2) is 6.31. The van der Waals surface area contributed by atoms with Gasteiger partial charge >= 0.3 is 0 Å². The summed E-state index contributed by atoms with van der Waals surface area (Å²) in [5.41, 5.74) is 3.82. The van der Waals surface area contributed by atoms with E-state index in [9.17, 15) is 0 Å². The van der Waals surface area contributed by atoms with Gasteiger partial charge in [-0.15, -0.1) is 0 Å². The molecule has 2 nitrogen and oxygen atoms in total. The molecular weight excluding hydrogens is 220 g/mol. The summed E-state index contributed by atoms with van der Waals surface area (Å²) in [7, 11) is 2.01. The van der Waals surface area contributed by atoms with Crippen LogP contribution in [0.25, 0.3) is 11.1 Å². The third kappa shape index (κ3) is 3.41. The molecule has 2 rings (SSSR count). The van der Waals surface area contributed by atoms with Crippen LogP contribution in [0.3, 0.4) is 0 Å². The van der Waals surface area contributed by atoms with Gasteiger partial charge in [0.1, 0.15) is 0 Å². The molecular formula is C16H20N2. The molecule has 1 aromatic heterocycles. The third-order valence-electron chi connectivity index (χ3n) is 3.28. The molecule has 94 valence electrons. The van der Waals surface area contributed by atoms with E-state index >= 15 is 0 Å². The highest BCUT2D eigenvalue weighted by molar-refractivity contribution is 5.62. The molecule has 0 fully saturated rings. The number of rotatable bonds is 5. The van der Waals surface area contributed by atoms with Crippen molar-refractivity contribution in [2.45, 2.75) is 25.8 Å². The van der Waals surface area contributed by atoms with Gasteiger partial charge in [-0.1, -0.05) is 30.3 Å². The lowest BCUT2D eigenvalue weighted by Gasteiger charge is -2.10. The first-order valence-electron chi connectivity index (χ1n) is 6.46. The Morgan fingerprint density at radius 2 is 2.00 bits per heavy atom. The molecule has 0 saturated heterocycles. The van der Waals surface area contributed by atoms with Crippen LogP contribution in [0, 0.1) is 0 Å². The van der Waals surface area contributed by atoms with Gasteiger partial charge < -0.3 is 5.32 Å². The van der Waals surface area contributed by atoms with Crippen LogP contribution < -0.4 is 5.32 Å². The highest BCUT2D eigenvalue weighted by Crippen LogP contribution is 2.20. The van der Waals surface area contributed by atoms with Gasteiger partial charge in [0, 0.05) is 18.4 Å². The van der Waals surface area contributed by atoms with Crippen molar-refractivity contribution >= 4 is 0 Å². The van der Waals surface area contributed by atoms with Crippen molar-refractivity contribution in [1.82, 2.24) is 10.3 Å². The first-order chi connectivity index (χ1) is 8.79. The molecule has 0 bridgehead atoms. The average Bonchev–Trinajstić information content (AvgIpc) is 2.46. The normalized spacial score (nSPS) is 12.3. The maximum absolute atomic E-state index is 4.17. The number of benzene rings is 1. The van der Waals surface area contributed by atoms with E-state index in [0.717, 1.165) is 12.8 Å². The van der Waals surface area contributed by atoms with Crippen LogP contribution >= 0.6 is 0 Å². The number of nitrogens with zero attached hydrogens (tertiary/aromatic N) is 1. The molecule has 1 atom stereocenters. The minimum Gasteiger partial charge on any atom is -0.317 e. The number of nitrogens with one attached hydrogen (secondary N) is 1. The van der Waals surface area contributed by atoms with E-state index in [2.05, 4.69) is 47.6 Å². The van der Waals surface area contributed by atoms with Gasteiger partial charge in [-0.25, -0.2) is 0 Å². The summed E-state index contributed by atoms with van der Waals surface area (Å²) >= 11 is 0. The Hall–Kier alpha value is -1.67. The van der Waals surface area contributed by atoms with Gasteiger partial charge in [-0.05, 0) is 49.6 Å². The minimum absolute atomic E-state index is 0.562. The molecule has 18 heavy (non-hydrogen) atoms. The fourth-order valence-electron chi connectivity index (χ4n) is 1.97. The van der Waals surface area contributed by atoms with Crippen LogP contribution in [0.5, 0.6) is 0 Å². The predicted octanol–water partition coefficient (Wildman–Crippen LogP) is 3.29. The zero-order valence-electron chi connectivity index (χ0n) is 11.1. The molecule has 1 N–H and O–H groups in total. The molecule has 0 aliphatic rings. The maximum Gasteiger partial charge on any atom is 0.0346 e. The molecule has 2 aromatic rings. The molecule has 0 radical (unpaired) electrons. The second-order valence-electron chi connectivity index (χ2n) is 4.67. The number of aryl methyl sites for hydroxylation is 1. The van der Waals surface area contributed by atoms with E-state index in [1.807, 2.05) is 25.5 Å².